The van der Waals surface area contributed by atoms with Crippen LogP contribution in [-0.2, 0) is 0 Å². The highest BCUT2D eigenvalue weighted by atomic mass is 19.2. The maximum Gasteiger partial charge on any atom is 0.204 e. The van der Waals surface area contributed by atoms with Crippen molar-refractivity contribution in [2.45, 2.75) is 19.1 Å². The summed E-state index contributed by atoms with van der Waals surface area (Å²) in [5.74, 6) is -5.05. The van der Waals surface area contributed by atoms with Crippen molar-refractivity contribution in [3.8, 4) is 5.75 Å². The Kier molecular flexibility index (Phi) is 3.77. The summed E-state index contributed by atoms with van der Waals surface area (Å²) in [5.41, 5.74) is 5.17. The number of methoxy groups -OCH3 is 1. The van der Waals surface area contributed by atoms with Gasteiger partial charge in [0.2, 0.25) is 5.82 Å². The van der Waals surface area contributed by atoms with Crippen molar-refractivity contribution in [1.82, 2.24) is 0 Å². The van der Waals surface area contributed by atoms with Crippen LogP contribution in [0.15, 0.2) is 6.07 Å². The maximum atomic E-state index is 13.3. The molecule has 1 rings (SSSR count). The minimum Gasteiger partial charge on any atom is -0.493 e. The van der Waals surface area contributed by atoms with Crippen LogP contribution in [0.1, 0.15) is 18.6 Å². The zero-order valence-electron chi connectivity index (χ0n) is 8.80. The predicted octanol–water partition coefficient (Wildman–Crippen LogP) is 1.49. The predicted molar refractivity (Wildman–Crippen MR) is 51.5 cm³/mol. The first-order valence-electron chi connectivity index (χ1n) is 4.55. The van der Waals surface area contributed by atoms with E-state index in [1.54, 1.807) is 0 Å². The summed E-state index contributed by atoms with van der Waals surface area (Å²) in [4.78, 5) is 0. The van der Waals surface area contributed by atoms with Crippen LogP contribution in [0.4, 0.5) is 13.2 Å². The first kappa shape index (κ1) is 12.8. The first-order valence-corrected chi connectivity index (χ1v) is 4.55. The summed E-state index contributed by atoms with van der Waals surface area (Å²) >= 11 is 0. The summed E-state index contributed by atoms with van der Waals surface area (Å²) < 4.78 is 43.7. The second kappa shape index (κ2) is 4.71. The lowest BCUT2D eigenvalue weighted by atomic mass is 10.0. The summed E-state index contributed by atoms with van der Waals surface area (Å²) in [6.07, 6.45) is -1.33. The molecule has 90 valence electrons. The van der Waals surface area contributed by atoms with E-state index in [0.29, 0.717) is 6.07 Å². The molecule has 2 atom stereocenters. The smallest absolute Gasteiger partial charge is 0.204 e. The molecule has 0 aliphatic heterocycles. The molecule has 0 aromatic heterocycles. The van der Waals surface area contributed by atoms with Gasteiger partial charge >= 0.3 is 0 Å². The molecule has 3 N–H and O–H groups in total. The average Bonchev–Trinajstić information content (AvgIpc) is 2.24. The maximum absolute atomic E-state index is 13.3. The number of aliphatic hydroxyl groups is 1. The molecule has 0 spiro atoms. The molecular weight excluding hydrogens is 223 g/mol. The van der Waals surface area contributed by atoms with Crippen molar-refractivity contribution in [1.29, 1.82) is 0 Å². The Bertz CT molecular complexity index is 396. The molecule has 6 heteroatoms. The molecule has 1 aromatic carbocycles. The average molecular weight is 235 g/mol. The summed E-state index contributed by atoms with van der Waals surface area (Å²) in [6, 6.07) is -0.0937. The number of ether oxygens (including phenoxy) is 1. The Morgan fingerprint density at radius 3 is 2.31 bits per heavy atom. The Morgan fingerprint density at radius 2 is 1.88 bits per heavy atom. The molecule has 0 amide bonds. The van der Waals surface area contributed by atoms with Gasteiger partial charge in [-0.15, -0.1) is 0 Å². The van der Waals surface area contributed by atoms with Crippen molar-refractivity contribution in [3.05, 3.63) is 29.1 Å². The summed E-state index contributed by atoms with van der Waals surface area (Å²) in [6.45, 7) is 1.45. The number of hydrogen-bond donors (Lipinski definition) is 2. The van der Waals surface area contributed by atoms with Crippen LogP contribution in [0.5, 0.6) is 5.75 Å². The number of rotatable bonds is 3. The minimum atomic E-state index is -1.64. The van der Waals surface area contributed by atoms with E-state index >= 15 is 0 Å². The van der Waals surface area contributed by atoms with E-state index in [2.05, 4.69) is 4.74 Å². The highest BCUT2D eigenvalue weighted by molar-refractivity contribution is 5.38. The third-order valence-corrected chi connectivity index (χ3v) is 2.17. The third kappa shape index (κ3) is 2.12. The Labute approximate surface area is 90.6 Å². The molecule has 0 bridgehead atoms. The van der Waals surface area contributed by atoms with E-state index in [9.17, 15) is 18.3 Å². The lowest BCUT2D eigenvalue weighted by Gasteiger charge is -2.18. The van der Waals surface area contributed by atoms with Gasteiger partial charge in [0.1, 0.15) is 0 Å². The van der Waals surface area contributed by atoms with Crippen LogP contribution in [0.2, 0.25) is 0 Å². The SMILES string of the molecule is COc1c(C(O)C(C)N)cc(F)c(F)c1F. The molecule has 0 heterocycles. The largest absolute Gasteiger partial charge is 0.493 e. The van der Waals surface area contributed by atoms with E-state index in [-0.39, 0.29) is 5.56 Å². The van der Waals surface area contributed by atoms with Crippen molar-refractivity contribution >= 4 is 0 Å². The molecule has 0 saturated heterocycles. The fourth-order valence-corrected chi connectivity index (χ4v) is 1.31. The highest BCUT2D eigenvalue weighted by Crippen LogP contribution is 2.32. The molecule has 2 unspecified atom stereocenters. The fraction of sp³-hybridized carbons (Fsp3) is 0.400. The first-order chi connectivity index (χ1) is 7.40. The fourth-order valence-electron chi connectivity index (χ4n) is 1.31. The van der Waals surface area contributed by atoms with E-state index < -0.39 is 35.3 Å². The zero-order valence-corrected chi connectivity index (χ0v) is 8.80. The summed E-state index contributed by atoms with van der Waals surface area (Å²) in [5, 5.41) is 9.59. The van der Waals surface area contributed by atoms with Gasteiger partial charge in [0, 0.05) is 11.6 Å². The van der Waals surface area contributed by atoms with Crippen molar-refractivity contribution < 1.29 is 23.0 Å². The van der Waals surface area contributed by atoms with E-state index in [1.807, 2.05) is 0 Å². The van der Waals surface area contributed by atoms with Crippen LogP contribution in [-0.4, -0.2) is 18.3 Å². The van der Waals surface area contributed by atoms with Gasteiger partial charge in [-0.25, -0.2) is 8.78 Å². The van der Waals surface area contributed by atoms with Gasteiger partial charge in [0.15, 0.2) is 17.4 Å². The second-order valence-corrected chi connectivity index (χ2v) is 3.41. The molecule has 0 fully saturated rings. The van der Waals surface area contributed by atoms with E-state index in [0.717, 1.165) is 7.11 Å². The van der Waals surface area contributed by atoms with Gasteiger partial charge in [-0.05, 0) is 13.0 Å². The topological polar surface area (TPSA) is 55.5 Å². The van der Waals surface area contributed by atoms with Gasteiger partial charge in [-0.3, -0.25) is 0 Å². The number of aliphatic hydroxyl groups excluding tert-OH is 1. The molecule has 16 heavy (non-hydrogen) atoms. The quantitative estimate of drug-likeness (QED) is 0.780. The molecule has 3 nitrogen and oxygen atoms in total. The third-order valence-electron chi connectivity index (χ3n) is 2.17. The van der Waals surface area contributed by atoms with Crippen molar-refractivity contribution in [3.63, 3.8) is 0 Å². The van der Waals surface area contributed by atoms with Crippen LogP contribution in [0.25, 0.3) is 0 Å². The summed E-state index contributed by atoms with van der Waals surface area (Å²) in [7, 11) is 1.09. The Balaban J connectivity index is 3.38. The zero-order chi connectivity index (χ0) is 12.5. The Morgan fingerprint density at radius 1 is 1.31 bits per heavy atom. The number of nitrogens with two attached hydrogens (primary N) is 1. The van der Waals surface area contributed by atoms with E-state index in [1.165, 1.54) is 6.92 Å². The second-order valence-electron chi connectivity index (χ2n) is 3.41. The number of halogens is 3. The van der Waals surface area contributed by atoms with Crippen LogP contribution < -0.4 is 10.5 Å². The van der Waals surface area contributed by atoms with Crippen molar-refractivity contribution in [2.24, 2.45) is 5.73 Å². The van der Waals surface area contributed by atoms with Gasteiger partial charge in [-0.2, -0.15) is 4.39 Å². The highest BCUT2D eigenvalue weighted by Gasteiger charge is 2.25. The van der Waals surface area contributed by atoms with Crippen LogP contribution >= 0.6 is 0 Å². The van der Waals surface area contributed by atoms with Gasteiger partial charge in [0.25, 0.3) is 0 Å². The van der Waals surface area contributed by atoms with Gasteiger partial charge in [0.05, 0.1) is 13.2 Å². The normalized spacial score (nSPS) is 14.7. The molecule has 1 aromatic rings. The standard InChI is InChI=1S/C10H12F3NO2/c1-4(14)9(15)5-3-6(11)7(12)8(13)10(5)16-2/h3-4,9,15H,14H2,1-2H3. The lowest BCUT2D eigenvalue weighted by Crippen LogP contribution is -2.25. The minimum absolute atomic E-state index is 0.214. The number of benzene rings is 1. The Hall–Kier alpha value is -1.27. The molecular formula is C10H12F3NO2. The molecule has 0 aliphatic carbocycles. The van der Waals surface area contributed by atoms with Gasteiger partial charge in [-0.1, -0.05) is 0 Å². The lowest BCUT2D eigenvalue weighted by molar-refractivity contribution is 0.147. The van der Waals surface area contributed by atoms with Crippen LogP contribution in [0.3, 0.4) is 0 Å². The monoisotopic (exact) mass is 235 g/mol. The van der Waals surface area contributed by atoms with Gasteiger partial charge < -0.3 is 15.6 Å². The van der Waals surface area contributed by atoms with Crippen molar-refractivity contribution in [2.75, 3.05) is 7.11 Å². The molecule has 0 aliphatic rings. The number of hydrogen-bond acceptors (Lipinski definition) is 3. The molecule has 0 saturated carbocycles. The molecule has 0 radical (unpaired) electrons. The van der Waals surface area contributed by atoms with Crippen LogP contribution in [0, 0.1) is 17.5 Å². The van der Waals surface area contributed by atoms with E-state index in [4.69, 9.17) is 5.73 Å².